The molecule has 1 heterocycles. The number of rotatable bonds is 10. The Morgan fingerprint density at radius 3 is 2.50 bits per heavy atom. The van der Waals surface area contributed by atoms with E-state index in [1.54, 1.807) is 6.92 Å². The van der Waals surface area contributed by atoms with E-state index in [9.17, 15) is 14.7 Å². The smallest absolute Gasteiger partial charge is 0.255 e. The molecule has 0 radical (unpaired) electrons. The number of hydrazine groups is 1. The second-order valence-electron chi connectivity index (χ2n) is 8.61. The van der Waals surface area contributed by atoms with E-state index in [0.717, 1.165) is 42.4 Å². The lowest BCUT2D eigenvalue weighted by Gasteiger charge is -2.27. The standard InChI is InChI=1S/C26H35N3O3/c1-4-5-6-7-12-20(30)17-27-19(3)25(31)28-29-24-16-11-10-15-23(24)22-14-9-8-13-21(22)18(2)26(29)32/h8-11,13-16,18-20,27,30H,4-7,12,17H2,1-3H3,(H,28,31)/t18-,19-,20+/m0/s1. The van der Waals surface area contributed by atoms with Gasteiger partial charge in [0.2, 0.25) is 0 Å². The van der Waals surface area contributed by atoms with Gasteiger partial charge in [0.25, 0.3) is 11.8 Å². The van der Waals surface area contributed by atoms with E-state index in [1.165, 1.54) is 11.4 Å². The third-order valence-electron chi connectivity index (χ3n) is 6.12. The van der Waals surface area contributed by atoms with E-state index in [-0.39, 0.29) is 11.8 Å². The number of carbonyl (C=O) groups excluding carboxylic acids is 2. The number of para-hydroxylation sites is 1. The van der Waals surface area contributed by atoms with Gasteiger partial charge in [0.15, 0.2) is 0 Å². The third-order valence-corrected chi connectivity index (χ3v) is 6.12. The minimum Gasteiger partial charge on any atom is -0.392 e. The minimum absolute atomic E-state index is 0.182. The predicted octanol–water partition coefficient (Wildman–Crippen LogP) is 4.14. The van der Waals surface area contributed by atoms with Crippen LogP contribution in [0.15, 0.2) is 48.5 Å². The van der Waals surface area contributed by atoms with Crippen LogP contribution in [-0.4, -0.2) is 35.6 Å². The fraction of sp³-hybridized carbons (Fsp3) is 0.462. The number of hydrogen-bond donors (Lipinski definition) is 3. The first-order chi connectivity index (χ1) is 15.4. The molecule has 2 aromatic rings. The van der Waals surface area contributed by atoms with Gasteiger partial charge in [-0.2, -0.15) is 0 Å². The third kappa shape index (κ3) is 5.56. The number of anilines is 1. The lowest BCUT2D eigenvalue weighted by atomic mass is 9.92. The van der Waals surface area contributed by atoms with Gasteiger partial charge in [-0.05, 0) is 37.5 Å². The highest BCUT2D eigenvalue weighted by atomic mass is 16.3. The van der Waals surface area contributed by atoms with Gasteiger partial charge in [0, 0.05) is 12.1 Å². The first-order valence-electron chi connectivity index (χ1n) is 11.7. The lowest BCUT2D eigenvalue weighted by Crippen LogP contribution is -2.54. The average Bonchev–Trinajstić information content (AvgIpc) is 2.90. The summed E-state index contributed by atoms with van der Waals surface area (Å²) in [6.45, 7) is 6.10. The molecule has 3 atom stereocenters. The van der Waals surface area contributed by atoms with Crippen LogP contribution in [0, 0.1) is 0 Å². The van der Waals surface area contributed by atoms with E-state index in [4.69, 9.17) is 0 Å². The molecule has 3 N–H and O–H groups in total. The zero-order valence-electron chi connectivity index (χ0n) is 19.3. The van der Waals surface area contributed by atoms with Gasteiger partial charge in [-0.25, -0.2) is 5.01 Å². The van der Waals surface area contributed by atoms with Crippen molar-refractivity contribution in [3.05, 3.63) is 54.1 Å². The Hall–Kier alpha value is -2.70. The summed E-state index contributed by atoms with van der Waals surface area (Å²) in [5.41, 5.74) is 6.32. The summed E-state index contributed by atoms with van der Waals surface area (Å²) in [6, 6.07) is 14.9. The summed E-state index contributed by atoms with van der Waals surface area (Å²) >= 11 is 0. The van der Waals surface area contributed by atoms with Crippen LogP contribution in [0.25, 0.3) is 11.1 Å². The SMILES string of the molecule is CCCCCC[C@@H](O)CN[C@@H](C)C(=O)NN1C(=O)[C@@H](C)c2ccccc2-c2ccccc21. The second-order valence-corrected chi connectivity index (χ2v) is 8.61. The molecule has 0 saturated carbocycles. The Labute approximate surface area is 191 Å². The van der Waals surface area contributed by atoms with Crippen LogP contribution in [0.3, 0.4) is 0 Å². The van der Waals surface area contributed by atoms with Crippen LogP contribution in [-0.2, 0) is 9.59 Å². The molecule has 0 spiro atoms. The number of fused-ring (bicyclic) bond motifs is 3. The summed E-state index contributed by atoms with van der Waals surface area (Å²) in [5, 5.41) is 14.7. The highest BCUT2D eigenvalue weighted by molar-refractivity contribution is 6.06. The molecule has 172 valence electrons. The number of carbonyl (C=O) groups is 2. The summed E-state index contributed by atoms with van der Waals surface area (Å²) in [5.74, 6) is -0.893. The Kier molecular flexibility index (Phi) is 8.42. The van der Waals surface area contributed by atoms with Gasteiger partial charge in [-0.1, -0.05) is 75.1 Å². The van der Waals surface area contributed by atoms with Gasteiger partial charge in [0.05, 0.1) is 23.8 Å². The van der Waals surface area contributed by atoms with Crippen molar-refractivity contribution in [2.45, 2.75) is 70.9 Å². The number of benzene rings is 2. The van der Waals surface area contributed by atoms with E-state index >= 15 is 0 Å². The van der Waals surface area contributed by atoms with Crippen LogP contribution < -0.4 is 15.8 Å². The molecule has 1 aliphatic rings. The number of aliphatic hydroxyl groups excluding tert-OH is 1. The zero-order chi connectivity index (χ0) is 23.1. The highest BCUT2D eigenvalue weighted by Gasteiger charge is 2.32. The lowest BCUT2D eigenvalue weighted by molar-refractivity contribution is -0.127. The van der Waals surface area contributed by atoms with Crippen LogP contribution in [0.4, 0.5) is 5.69 Å². The van der Waals surface area contributed by atoms with Gasteiger partial charge in [0.1, 0.15) is 0 Å². The Morgan fingerprint density at radius 1 is 1.06 bits per heavy atom. The maximum absolute atomic E-state index is 13.3. The zero-order valence-corrected chi connectivity index (χ0v) is 19.3. The topological polar surface area (TPSA) is 81.7 Å². The fourth-order valence-corrected chi connectivity index (χ4v) is 4.10. The molecule has 0 fully saturated rings. The summed E-state index contributed by atoms with van der Waals surface area (Å²) in [6.07, 6.45) is 4.65. The monoisotopic (exact) mass is 437 g/mol. The molecule has 0 aromatic heterocycles. The molecule has 0 aliphatic carbocycles. The number of amides is 2. The quantitative estimate of drug-likeness (QED) is 0.488. The normalized spacial score (nSPS) is 17.2. The molecule has 0 bridgehead atoms. The molecule has 2 amide bonds. The highest BCUT2D eigenvalue weighted by Crippen LogP contribution is 2.39. The number of nitrogens with one attached hydrogen (secondary N) is 2. The Balaban J connectivity index is 1.69. The minimum atomic E-state index is -0.554. The van der Waals surface area contributed by atoms with E-state index in [2.05, 4.69) is 17.7 Å². The second kappa shape index (κ2) is 11.2. The maximum atomic E-state index is 13.3. The van der Waals surface area contributed by atoms with Crippen LogP contribution in [0.1, 0.15) is 64.4 Å². The summed E-state index contributed by atoms with van der Waals surface area (Å²) < 4.78 is 0. The van der Waals surface area contributed by atoms with Crippen LogP contribution in [0.2, 0.25) is 0 Å². The first kappa shape index (κ1) is 24.0. The van der Waals surface area contributed by atoms with Crippen molar-refractivity contribution in [1.82, 2.24) is 10.7 Å². The average molecular weight is 438 g/mol. The van der Waals surface area contributed by atoms with Crippen molar-refractivity contribution in [2.24, 2.45) is 0 Å². The van der Waals surface area contributed by atoms with Crippen molar-refractivity contribution < 1.29 is 14.7 Å². The van der Waals surface area contributed by atoms with E-state index in [0.29, 0.717) is 12.2 Å². The van der Waals surface area contributed by atoms with E-state index < -0.39 is 18.1 Å². The van der Waals surface area contributed by atoms with Gasteiger partial charge in [-0.15, -0.1) is 0 Å². The van der Waals surface area contributed by atoms with Crippen LogP contribution in [0.5, 0.6) is 0 Å². The molecular formula is C26H35N3O3. The molecule has 0 unspecified atom stereocenters. The van der Waals surface area contributed by atoms with Crippen molar-refractivity contribution in [2.75, 3.05) is 11.6 Å². The number of aliphatic hydroxyl groups is 1. The van der Waals surface area contributed by atoms with Crippen LogP contribution >= 0.6 is 0 Å². The van der Waals surface area contributed by atoms with Crippen molar-refractivity contribution in [3.8, 4) is 11.1 Å². The summed E-state index contributed by atoms with van der Waals surface area (Å²) in [4.78, 5) is 26.2. The maximum Gasteiger partial charge on any atom is 0.255 e. The molecule has 3 rings (SSSR count). The molecule has 0 saturated heterocycles. The Bertz CT molecular complexity index is 930. The molecular weight excluding hydrogens is 402 g/mol. The van der Waals surface area contributed by atoms with Gasteiger partial charge in [-0.3, -0.25) is 15.0 Å². The fourth-order valence-electron chi connectivity index (χ4n) is 4.10. The van der Waals surface area contributed by atoms with Gasteiger partial charge >= 0.3 is 0 Å². The largest absolute Gasteiger partial charge is 0.392 e. The molecule has 32 heavy (non-hydrogen) atoms. The molecule has 6 nitrogen and oxygen atoms in total. The van der Waals surface area contributed by atoms with E-state index in [1.807, 2.05) is 55.5 Å². The molecule has 1 aliphatic heterocycles. The number of unbranched alkanes of at least 4 members (excludes halogenated alkanes) is 3. The first-order valence-corrected chi connectivity index (χ1v) is 11.7. The summed E-state index contributed by atoms with van der Waals surface area (Å²) in [7, 11) is 0. The molecule has 2 aromatic carbocycles. The number of nitrogens with zero attached hydrogens (tertiary/aromatic N) is 1. The Morgan fingerprint density at radius 2 is 1.75 bits per heavy atom. The van der Waals surface area contributed by atoms with Gasteiger partial charge < -0.3 is 10.4 Å². The van der Waals surface area contributed by atoms with Crippen molar-refractivity contribution >= 4 is 17.5 Å². The van der Waals surface area contributed by atoms with Crippen molar-refractivity contribution in [1.29, 1.82) is 0 Å². The predicted molar refractivity (Wildman–Crippen MR) is 128 cm³/mol. The number of hydrogen-bond acceptors (Lipinski definition) is 4. The molecule has 6 heteroatoms. The van der Waals surface area contributed by atoms with Crippen molar-refractivity contribution in [3.63, 3.8) is 0 Å².